The molecule has 6 heteroatoms. The second-order valence-electron chi connectivity index (χ2n) is 5.38. The smallest absolute Gasteiger partial charge is 0.335 e. The van der Waals surface area contributed by atoms with Crippen LogP contribution in [-0.4, -0.2) is 29.1 Å². The first-order chi connectivity index (χ1) is 9.54. The molecule has 0 aromatic heterocycles. The number of fused-ring (bicyclic) bond motifs is 2. The predicted molar refractivity (Wildman–Crippen MR) is 75.1 cm³/mol. The number of amides is 1. The van der Waals surface area contributed by atoms with Gasteiger partial charge in [0.2, 0.25) is 5.91 Å². The zero-order valence-corrected chi connectivity index (χ0v) is 11.5. The third-order valence-corrected chi connectivity index (χ3v) is 4.42. The highest BCUT2D eigenvalue weighted by atomic mass is 35.5. The Bertz CT molecular complexity index is 576. The first kappa shape index (κ1) is 13.4. The Morgan fingerprint density at radius 3 is 2.70 bits per heavy atom. The third-order valence-electron chi connectivity index (χ3n) is 4.11. The molecule has 3 unspecified atom stereocenters. The molecule has 0 radical (unpaired) electrons. The molecule has 2 saturated heterocycles. The molecule has 3 rings (SSSR count). The van der Waals surface area contributed by atoms with Gasteiger partial charge in [-0.3, -0.25) is 4.79 Å². The van der Waals surface area contributed by atoms with Crippen LogP contribution in [0.4, 0.5) is 5.69 Å². The van der Waals surface area contributed by atoms with Crippen molar-refractivity contribution in [2.75, 3.05) is 5.32 Å². The molecule has 1 aromatic carbocycles. The number of carboxylic acids is 1. The van der Waals surface area contributed by atoms with Crippen molar-refractivity contribution in [3.8, 4) is 0 Å². The normalized spacial score (nSPS) is 27.6. The van der Waals surface area contributed by atoms with Crippen LogP contribution in [0, 0.1) is 5.92 Å². The Morgan fingerprint density at radius 2 is 2.15 bits per heavy atom. The highest BCUT2D eigenvalue weighted by molar-refractivity contribution is 6.34. The van der Waals surface area contributed by atoms with Gasteiger partial charge < -0.3 is 15.7 Å². The maximum absolute atomic E-state index is 12.2. The molecule has 3 N–H and O–H groups in total. The topological polar surface area (TPSA) is 78.4 Å². The van der Waals surface area contributed by atoms with E-state index >= 15 is 0 Å². The van der Waals surface area contributed by atoms with Crippen molar-refractivity contribution in [3.05, 3.63) is 28.8 Å². The van der Waals surface area contributed by atoms with Crippen molar-refractivity contribution < 1.29 is 14.7 Å². The summed E-state index contributed by atoms with van der Waals surface area (Å²) >= 11 is 6.01. The number of nitrogens with one attached hydrogen (secondary N) is 2. The monoisotopic (exact) mass is 294 g/mol. The zero-order chi connectivity index (χ0) is 14.3. The minimum atomic E-state index is -1.04. The summed E-state index contributed by atoms with van der Waals surface area (Å²) in [6.45, 7) is 0. The number of carboxylic acid groups (broad SMARTS) is 1. The summed E-state index contributed by atoms with van der Waals surface area (Å²) in [5.41, 5.74) is 0.569. The van der Waals surface area contributed by atoms with Gasteiger partial charge >= 0.3 is 5.97 Å². The number of halogens is 1. The van der Waals surface area contributed by atoms with Gasteiger partial charge in [-0.25, -0.2) is 4.79 Å². The average molecular weight is 295 g/mol. The van der Waals surface area contributed by atoms with Crippen LogP contribution in [0.15, 0.2) is 18.2 Å². The zero-order valence-electron chi connectivity index (χ0n) is 10.7. The fourth-order valence-electron chi connectivity index (χ4n) is 3.09. The minimum Gasteiger partial charge on any atom is -0.478 e. The van der Waals surface area contributed by atoms with E-state index in [-0.39, 0.29) is 28.5 Å². The molecule has 1 amide bonds. The van der Waals surface area contributed by atoms with E-state index in [1.807, 2.05) is 0 Å². The van der Waals surface area contributed by atoms with Gasteiger partial charge in [0, 0.05) is 12.1 Å². The average Bonchev–Trinajstić information content (AvgIpc) is 3.03. The number of carbonyl (C=O) groups is 2. The summed E-state index contributed by atoms with van der Waals surface area (Å²) in [5.74, 6) is -1.11. The van der Waals surface area contributed by atoms with E-state index in [1.165, 1.54) is 18.2 Å². The van der Waals surface area contributed by atoms with Crippen molar-refractivity contribution in [3.63, 3.8) is 0 Å². The summed E-state index contributed by atoms with van der Waals surface area (Å²) in [6.07, 6.45) is 3.04. The Morgan fingerprint density at radius 1 is 1.35 bits per heavy atom. The fourth-order valence-corrected chi connectivity index (χ4v) is 3.32. The lowest BCUT2D eigenvalue weighted by Gasteiger charge is -2.19. The van der Waals surface area contributed by atoms with E-state index in [0.29, 0.717) is 11.7 Å². The highest BCUT2D eigenvalue weighted by Crippen LogP contribution is 2.34. The van der Waals surface area contributed by atoms with Crippen LogP contribution in [0.25, 0.3) is 0 Å². The molecule has 20 heavy (non-hydrogen) atoms. The summed E-state index contributed by atoms with van der Waals surface area (Å²) < 4.78 is 0. The number of aromatic carboxylic acids is 1. The molecule has 2 aliphatic rings. The predicted octanol–water partition coefficient (Wildman–Crippen LogP) is 2.12. The van der Waals surface area contributed by atoms with E-state index in [1.54, 1.807) is 0 Å². The van der Waals surface area contributed by atoms with E-state index < -0.39 is 5.97 Å². The number of benzene rings is 1. The van der Waals surface area contributed by atoms with E-state index in [0.717, 1.165) is 19.3 Å². The van der Waals surface area contributed by atoms with Gasteiger partial charge in [0.1, 0.15) is 0 Å². The SMILES string of the molecule is O=C(O)c1ccc(NC(=O)C2CC3CCC2N3)c(Cl)c1. The van der Waals surface area contributed by atoms with Crippen LogP contribution in [-0.2, 0) is 4.79 Å². The molecule has 2 fully saturated rings. The fraction of sp³-hybridized carbons (Fsp3) is 0.429. The second kappa shape index (κ2) is 5.07. The molecule has 0 spiro atoms. The lowest BCUT2D eigenvalue weighted by atomic mass is 9.88. The lowest BCUT2D eigenvalue weighted by molar-refractivity contribution is -0.120. The molecule has 2 aliphatic heterocycles. The summed E-state index contributed by atoms with van der Waals surface area (Å²) in [6, 6.07) is 5.03. The molecule has 0 saturated carbocycles. The van der Waals surface area contributed by atoms with E-state index in [2.05, 4.69) is 10.6 Å². The van der Waals surface area contributed by atoms with Gasteiger partial charge in [-0.15, -0.1) is 0 Å². The molecule has 106 valence electrons. The van der Waals surface area contributed by atoms with Crippen molar-refractivity contribution in [2.45, 2.75) is 31.3 Å². The van der Waals surface area contributed by atoms with Crippen LogP contribution in [0.2, 0.25) is 5.02 Å². The Hall–Kier alpha value is -1.59. The van der Waals surface area contributed by atoms with Crippen LogP contribution >= 0.6 is 11.6 Å². The maximum atomic E-state index is 12.2. The van der Waals surface area contributed by atoms with Gasteiger partial charge in [-0.2, -0.15) is 0 Å². The summed E-state index contributed by atoms with van der Waals surface area (Å²) in [4.78, 5) is 23.1. The van der Waals surface area contributed by atoms with Crippen molar-refractivity contribution in [2.24, 2.45) is 5.92 Å². The molecule has 2 bridgehead atoms. The van der Waals surface area contributed by atoms with Crippen molar-refractivity contribution >= 4 is 29.2 Å². The standard InChI is InChI=1S/C14H15ClN2O3/c15-10-5-7(14(19)20)1-3-12(10)17-13(18)9-6-8-2-4-11(9)16-8/h1,3,5,8-9,11,16H,2,4,6H2,(H,17,18)(H,19,20). The first-order valence-corrected chi connectivity index (χ1v) is 7.02. The number of anilines is 1. The highest BCUT2D eigenvalue weighted by Gasteiger charge is 2.42. The van der Waals surface area contributed by atoms with E-state index in [4.69, 9.17) is 16.7 Å². The Balaban J connectivity index is 1.71. The number of hydrogen-bond donors (Lipinski definition) is 3. The maximum Gasteiger partial charge on any atom is 0.335 e. The first-order valence-electron chi connectivity index (χ1n) is 6.64. The second-order valence-corrected chi connectivity index (χ2v) is 5.79. The van der Waals surface area contributed by atoms with Crippen LogP contribution in [0.5, 0.6) is 0 Å². The molecular formula is C14H15ClN2O3. The van der Waals surface area contributed by atoms with Gasteiger partial charge in [0.25, 0.3) is 0 Å². The molecule has 3 atom stereocenters. The van der Waals surface area contributed by atoms with Crippen LogP contribution < -0.4 is 10.6 Å². The molecule has 0 aliphatic carbocycles. The number of rotatable bonds is 3. The summed E-state index contributed by atoms with van der Waals surface area (Å²) in [5, 5.41) is 15.3. The van der Waals surface area contributed by atoms with E-state index in [9.17, 15) is 9.59 Å². The number of carbonyl (C=O) groups excluding carboxylic acids is 1. The summed E-state index contributed by atoms with van der Waals surface area (Å²) in [7, 11) is 0. The van der Waals surface area contributed by atoms with Crippen LogP contribution in [0.3, 0.4) is 0 Å². The minimum absolute atomic E-state index is 0.0241. The van der Waals surface area contributed by atoms with Crippen molar-refractivity contribution in [1.82, 2.24) is 5.32 Å². The number of hydrogen-bond acceptors (Lipinski definition) is 3. The van der Waals surface area contributed by atoms with Gasteiger partial charge in [0.05, 0.1) is 22.2 Å². The molecule has 5 nitrogen and oxygen atoms in total. The lowest BCUT2D eigenvalue weighted by Crippen LogP contribution is -2.32. The van der Waals surface area contributed by atoms with Crippen LogP contribution in [0.1, 0.15) is 29.6 Å². The molecular weight excluding hydrogens is 280 g/mol. The molecule has 2 heterocycles. The van der Waals surface area contributed by atoms with Gasteiger partial charge in [-0.05, 0) is 37.5 Å². The van der Waals surface area contributed by atoms with Gasteiger partial charge in [0.15, 0.2) is 0 Å². The Kier molecular flexibility index (Phi) is 3.40. The third kappa shape index (κ3) is 2.39. The van der Waals surface area contributed by atoms with Gasteiger partial charge in [-0.1, -0.05) is 11.6 Å². The quantitative estimate of drug-likeness (QED) is 0.798. The van der Waals surface area contributed by atoms with Crippen molar-refractivity contribution in [1.29, 1.82) is 0 Å². The molecule has 1 aromatic rings. The Labute approximate surface area is 121 Å². The largest absolute Gasteiger partial charge is 0.478 e.